The Morgan fingerprint density at radius 3 is 2.86 bits per heavy atom. The highest BCUT2D eigenvalue weighted by atomic mass is 19.3. The van der Waals surface area contributed by atoms with Crippen LogP contribution in [0.2, 0.25) is 0 Å². The fraction of sp³-hybridized carbons (Fsp3) is 0.421. The number of nitrogens with one attached hydrogen (secondary N) is 1. The molecular weight excluding hydrogens is 380 g/mol. The number of fused-ring (bicyclic) bond motifs is 1. The van der Waals surface area contributed by atoms with Gasteiger partial charge in [-0.3, -0.25) is 4.79 Å². The minimum atomic E-state index is -2.67. The van der Waals surface area contributed by atoms with Crippen molar-refractivity contribution >= 4 is 17.4 Å². The number of alkyl halides is 2. The van der Waals surface area contributed by atoms with Gasteiger partial charge in [0, 0.05) is 25.7 Å². The number of anilines is 1. The normalized spacial score (nSPS) is 22.0. The van der Waals surface area contributed by atoms with Gasteiger partial charge < -0.3 is 10.2 Å². The molecule has 2 aliphatic heterocycles. The Bertz CT molecular complexity index is 1090. The van der Waals surface area contributed by atoms with Gasteiger partial charge in [0.25, 0.3) is 6.43 Å². The Kier molecular flexibility index (Phi) is 4.14. The Morgan fingerprint density at radius 2 is 2.07 bits per heavy atom. The van der Waals surface area contributed by atoms with Gasteiger partial charge in [0.15, 0.2) is 5.65 Å². The molecule has 0 aromatic carbocycles. The van der Waals surface area contributed by atoms with Crippen molar-refractivity contribution in [3.63, 3.8) is 0 Å². The average molecular weight is 399 g/mol. The smallest absolute Gasteiger partial charge is 0.282 e. The zero-order valence-electron chi connectivity index (χ0n) is 15.6. The molecule has 2 aliphatic rings. The molecule has 0 radical (unpaired) electrons. The number of aromatic nitrogens is 5. The molecule has 3 aromatic rings. The predicted molar refractivity (Wildman–Crippen MR) is 100 cm³/mol. The van der Waals surface area contributed by atoms with Crippen LogP contribution in [-0.2, 0) is 4.79 Å². The van der Waals surface area contributed by atoms with Gasteiger partial charge in [-0.1, -0.05) is 0 Å². The number of halogens is 2. The number of carbonyl (C=O) groups excluding carboxylic acids is 1. The fourth-order valence-corrected chi connectivity index (χ4v) is 4.27. The first kappa shape index (κ1) is 17.9. The highest BCUT2D eigenvalue weighted by molar-refractivity contribution is 5.85. The van der Waals surface area contributed by atoms with Gasteiger partial charge in [-0.25, -0.2) is 28.2 Å². The van der Waals surface area contributed by atoms with Crippen LogP contribution in [-0.4, -0.2) is 50.1 Å². The van der Waals surface area contributed by atoms with Crippen LogP contribution in [0.15, 0.2) is 30.7 Å². The SMILES string of the molecule is O=C1NCCC12CCCN(c1cc(-c3cnc4ccc(C(F)F)nn34)ncn1)C2. The molecule has 2 saturated heterocycles. The van der Waals surface area contributed by atoms with E-state index in [-0.39, 0.29) is 17.0 Å². The first-order valence-corrected chi connectivity index (χ1v) is 9.54. The number of nitrogens with zero attached hydrogens (tertiary/aromatic N) is 6. The highest BCUT2D eigenvalue weighted by Gasteiger charge is 2.45. The zero-order valence-corrected chi connectivity index (χ0v) is 15.6. The lowest BCUT2D eigenvalue weighted by Gasteiger charge is -2.39. The molecule has 5 heterocycles. The maximum Gasteiger partial charge on any atom is 0.282 e. The molecule has 1 unspecified atom stereocenters. The maximum atomic E-state index is 13.1. The minimum absolute atomic E-state index is 0.113. The second kappa shape index (κ2) is 6.71. The van der Waals surface area contributed by atoms with Gasteiger partial charge in [0.2, 0.25) is 5.91 Å². The number of amides is 1. The topological polar surface area (TPSA) is 88.3 Å². The molecule has 0 saturated carbocycles. The number of piperidine rings is 1. The van der Waals surface area contributed by atoms with Crippen LogP contribution in [0.1, 0.15) is 31.4 Å². The first-order valence-electron chi connectivity index (χ1n) is 9.54. The predicted octanol–water partition coefficient (Wildman–Crippen LogP) is 2.23. The van der Waals surface area contributed by atoms with E-state index in [1.807, 2.05) is 0 Å². The third-order valence-corrected chi connectivity index (χ3v) is 5.79. The van der Waals surface area contributed by atoms with E-state index in [2.05, 4.69) is 30.3 Å². The monoisotopic (exact) mass is 399 g/mol. The summed E-state index contributed by atoms with van der Waals surface area (Å²) in [5.41, 5.74) is 0.828. The van der Waals surface area contributed by atoms with E-state index in [4.69, 9.17) is 0 Å². The van der Waals surface area contributed by atoms with Gasteiger partial charge in [0.1, 0.15) is 23.5 Å². The third-order valence-electron chi connectivity index (χ3n) is 5.79. The van der Waals surface area contributed by atoms with Gasteiger partial charge in [-0.2, -0.15) is 5.10 Å². The molecule has 3 aromatic heterocycles. The minimum Gasteiger partial charge on any atom is -0.356 e. The Labute approximate surface area is 165 Å². The van der Waals surface area contributed by atoms with Crippen LogP contribution in [0.5, 0.6) is 0 Å². The van der Waals surface area contributed by atoms with Crippen molar-refractivity contribution in [1.29, 1.82) is 0 Å². The van der Waals surface area contributed by atoms with E-state index < -0.39 is 6.43 Å². The third kappa shape index (κ3) is 2.99. The van der Waals surface area contributed by atoms with Crippen LogP contribution < -0.4 is 10.2 Å². The van der Waals surface area contributed by atoms with Crippen LogP contribution in [0, 0.1) is 5.41 Å². The van der Waals surface area contributed by atoms with Crippen molar-refractivity contribution < 1.29 is 13.6 Å². The fourth-order valence-electron chi connectivity index (χ4n) is 4.27. The summed E-state index contributed by atoms with van der Waals surface area (Å²) in [4.78, 5) is 27.4. The molecule has 0 bridgehead atoms. The molecule has 1 spiro atoms. The van der Waals surface area contributed by atoms with E-state index in [0.717, 1.165) is 25.8 Å². The first-order chi connectivity index (χ1) is 14.1. The molecule has 5 rings (SSSR count). The van der Waals surface area contributed by atoms with E-state index in [1.54, 1.807) is 12.3 Å². The van der Waals surface area contributed by atoms with Crippen molar-refractivity contribution in [2.45, 2.75) is 25.7 Å². The van der Waals surface area contributed by atoms with E-state index in [1.165, 1.54) is 23.0 Å². The summed E-state index contributed by atoms with van der Waals surface area (Å²) >= 11 is 0. The highest BCUT2D eigenvalue weighted by Crippen LogP contribution is 2.38. The van der Waals surface area contributed by atoms with Crippen LogP contribution >= 0.6 is 0 Å². The molecule has 150 valence electrons. The van der Waals surface area contributed by atoms with Crippen molar-refractivity contribution in [2.75, 3.05) is 24.5 Å². The molecule has 10 heteroatoms. The summed E-state index contributed by atoms with van der Waals surface area (Å²) in [5.74, 6) is 0.815. The van der Waals surface area contributed by atoms with Crippen molar-refractivity contribution in [1.82, 2.24) is 29.9 Å². The number of imidazole rings is 1. The number of carbonyl (C=O) groups is 1. The number of rotatable bonds is 3. The Morgan fingerprint density at radius 1 is 1.17 bits per heavy atom. The lowest BCUT2D eigenvalue weighted by Crippen LogP contribution is -2.47. The van der Waals surface area contributed by atoms with Gasteiger partial charge in [-0.05, 0) is 31.4 Å². The molecule has 1 N–H and O–H groups in total. The second-order valence-electron chi connectivity index (χ2n) is 7.55. The van der Waals surface area contributed by atoms with Crippen molar-refractivity contribution in [3.8, 4) is 11.4 Å². The second-order valence-corrected chi connectivity index (χ2v) is 7.55. The summed E-state index contributed by atoms with van der Waals surface area (Å²) in [6.07, 6.45) is 2.94. The summed E-state index contributed by atoms with van der Waals surface area (Å²) < 4.78 is 27.5. The molecule has 0 aliphatic carbocycles. The van der Waals surface area contributed by atoms with Crippen molar-refractivity contribution in [3.05, 3.63) is 36.4 Å². The van der Waals surface area contributed by atoms with Gasteiger partial charge in [0.05, 0.1) is 17.3 Å². The summed E-state index contributed by atoms with van der Waals surface area (Å²) in [6, 6.07) is 4.57. The lowest BCUT2D eigenvalue weighted by molar-refractivity contribution is -0.128. The number of hydrogen-bond donors (Lipinski definition) is 1. The van der Waals surface area contributed by atoms with Crippen molar-refractivity contribution in [2.24, 2.45) is 5.41 Å². The zero-order chi connectivity index (χ0) is 20.0. The molecule has 8 nitrogen and oxygen atoms in total. The quantitative estimate of drug-likeness (QED) is 0.727. The lowest BCUT2D eigenvalue weighted by atomic mass is 9.78. The molecule has 1 amide bonds. The molecule has 1 atom stereocenters. The van der Waals surface area contributed by atoms with E-state index >= 15 is 0 Å². The van der Waals surface area contributed by atoms with Gasteiger partial charge in [-0.15, -0.1) is 0 Å². The summed E-state index contributed by atoms with van der Waals surface area (Å²) in [7, 11) is 0. The van der Waals surface area contributed by atoms with E-state index in [9.17, 15) is 13.6 Å². The molecule has 2 fully saturated rings. The van der Waals surface area contributed by atoms with E-state index in [0.29, 0.717) is 35.9 Å². The maximum absolute atomic E-state index is 13.1. The van der Waals surface area contributed by atoms with Crippen LogP contribution in [0.25, 0.3) is 17.0 Å². The average Bonchev–Trinajstić information content (AvgIpc) is 3.31. The number of hydrogen-bond acceptors (Lipinski definition) is 6. The molecular formula is C19H19F2N7O. The van der Waals surface area contributed by atoms with Gasteiger partial charge >= 0.3 is 0 Å². The van der Waals surface area contributed by atoms with Crippen LogP contribution in [0.4, 0.5) is 14.6 Å². The summed E-state index contributed by atoms with van der Waals surface area (Å²) in [6.45, 7) is 2.12. The van der Waals surface area contributed by atoms with Crippen LogP contribution in [0.3, 0.4) is 0 Å². The Hall–Kier alpha value is -3.17. The molecule has 29 heavy (non-hydrogen) atoms. The standard InChI is InChI=1S/C19H19F2N7O/c20-17(21)12-2-3-15-23-9-14(28(15)26-12)13-8-16(25-11-24-13)27-7-1-4-19(10-27)5-6-22-18(19)29/h2-3,8-9,11,17H,1,4-7,10H2,(H,22,29). The summed E-state index contributed by atoms with van der Waals surface area (Å²) in [5, 5.41) is 6.94. The largest absolute Gasteiger partial charge is 0.356 e. The Balaban J connectivity index is 1.50.